The summed E-state index contributed by atoms with van der Waals surface area (Å²) in [4.78, 5) is 2.63. The van der Waals surface area contributed by atoms with Crippen molar-refractivity contribution in [1.82, 2.24) is 4.90 Å². The molecule has 0 amide bonds. The topological polar surface area (TPSA) is 3.24 Å². The number of halogens is 2. The Labute approximate surface area is 123 Å². The van der Waals surface area contributed by atoms with Gasteiger partial charge in [-0.3, -0.25) is 4.90 Å². The first kappa shape index (κ1) is 13.6. The molecule has 1 heterocycles. The molecule has 1 saturated carbocycles. The van der Waals surface area contributed by atoms with Crippen LogP contribution in [0.1, 0.15) is 44.1 Å². The maximum absolute atomic E-state index is 13.2. The fraction of sp³-hybridized carbons (Fsp3) is 0.625. The van der Waals surface area contributed by atoms with Gasteiger partial charge in [-0.05, 0) is 55.8 Å². The molecule has 1 saturated heterocycles. The van der Waals surface area contributed by atoms with Crippen LogP contribution in [0.25, 0.3) is 0 Å². The van der Waals surface area contributed by atoms with Crippen LogP contribution >= 0.6 is 15.9 Å². The van der Waals surface area contributed by atoms with Crippen molar-refractivity contribution >= 4 is 15.9 Å². The quantitative estimate of drug-likeness (QED) is 0.758. The first-order chi connectivity index (χ1) is 9.24. The van der Waals surface area contributed by atoms with E-state index in [2.05, 4.69) is 20.8 Å². The highest BCUT2D eigenvalue weighted by atomic mass is 79.9. The van der Waals surface area contributed by atoms with Crippen LogP contribution in [0.2, 0.25) is 0 Å². The molecule has 2 fully saturated rings. The molecular weight excluding hydrogens is 305 g/mol. The van der Waals surface area contributed by atoms with E-state index < -0.39 is 0 Å². The van der Waals surface area contributed by atoms with Gasteiger partial charge in [-0.2, -0.15) is 0 Å². The van der Waals surface area contributed by atoms with Gasteiger partial charge in [0.2, 0.25) is 0 Å². The number of benzene rings is 1. The van der Waals surface area contributed by atoms with Crippen LogP contribution in [0.4, 0.5) is 4.39 Å². The number of hydrogen-bond donors (Lipinski definition) is 0. The zero-order valence-electron chi connectivity index (χ0n) is 11.2. The fourth-order valence-corrected chi connectivity index (χ4v) is 4.27. The molecule has 2 unspecified atom stereocenters. The summed E-state index contributed by atoms with van der Waals surface area (Å²) in [6.07, 6.45) is 8.28. The van der Waals surface area contributed by atoms with E-state index in [1.807, 2.05) is 6.07 Å². The SMILES string of the molecule is Fc1ccc(CN2CCCC3CCCCC32)c(Br)c1. The van der Waals surface area contributed by atoms with Gasteiger partial charge in [0.05, 0.1) is 0 Å². The standard InChI is InChI=1S/C16H21BrFN/c17-15-10-14(18)8-7-13(15)11-19-9-3-5-12-4-1-2-6-16(12)19/h7-8,10,12,16H,1-6,9,11H2. The van der Waals surface area contributed by atoms with Crippen LogP contribution in [0.15, 0.2) is 22.7 Å². The Balaban J connectivity index is 1.74. The summed E-state index contributed by atoms with van der Waals surface area (Å²) in [5.41, 5.74) is 1.22. The minimum atomic E-state index is -0.162. The van der Waals surface area contributed by atoms with Gasteiger partial charge in [-0.1, -0.05) is 34.8 Å². The summed E-state index contributed by atoms with van der Waals surface area (Å²) >= 11 is 3.50. The van der Waals surface area contributed by atoms with E-state index in [1.165, 1.54) is 50.6 Å². The highest BCUT2D eigenvalue weighted by Crippen LogP contribution is 2.36. The lowest BCUT2D eigenvalue weighted by molar-refractivity contribution is 0.0545. The predicted molar refractivity (Wildman–Crippen MR) is 79.5 cm³/mol. The maximum Gasteiger partial charge on any atom is 0.124 e. The van der Waals surface area contributed by atoms with Crippen LogP contribution in [-0.2, 0) is 6.54 Å². The Bertz CT molecular complexity index is 446. The maximum atomic E-state index is 13.2. The molecule has 2 atom stereocenters. The molecule has 3 rings (SSSR count). The molecule has 3 heteroatoms. The van der Waals surface area contributed by atoms with Gasteiger partial charge in [0.15, 0.2) is 0 Å². The molecule has 0 radical (unpaired) electrons. The Hall–Kier alpha value is -0.410. The highest BCUT2D eigenvalue weighted by Gasteiger charge is 2.33. The van der Waals surface area contributed by atoms with Crippen LogP contribution in [0, 0.1) is 11.7 Å². The van der Waals surface area contributed by atoms with Crippen LogP contribution in [0.3, 0.4) is 0 Å². The molecule has 0 spiro atoms. The number of fused-ring (bicyclic) bond motifs is 1. The third kappa shape index (κ3) is 3.03. The second-order valence-electron chi connectivity index (χ2n) is 5.96. The summed E-state index contributed by atoms with van der Waals surface area (Å²) in [6, 6.07) is 5.84. The van der Waals surface area contributed by atoms with Gasteiger partial charge in [-0.25, -0.2) is 4.39 Å². The summed E-state index contributed by atoms with van der Waals surface area (Å²) in [5.74, 6) is 0.742. The predicted octanol–water partition coefficient (Wildman–Crippen LogP) is 4.74. The minimum absolute atomic E-state index is 0.162. The molecule has 1 aromatic rings. The first-order valence-corrected chi connectivity index (χ1v) is 8.21. The lowest BCUT2D eigenvalue weighted by Crippen LogP contribution is -2.46. The Morgan fingerprint density at radius 1 is 1.16 bits per heavy atom. The first-order valence-electron chi connectivity index (χ1n) is 7.42. The largest absolute Gasteiger partial charge is 0.296 e. The van der Waals surface area contributed by atoms with Crippen molar-refractivity contribution in [2.75, 3.05) is 6.54 Å². The van der Waals surface area contributed by atoms with E-state index in [1.54, 1.807) is 12.1 Å². The Morgan fingerprint density at radius 3 is 2.79 bits per heavy atom. The normalized spacial score (nSPS) is 28.1. The molecule has 1 aliphatic carbocycles. The smallest absolute Gasteiger partial charge is 0.124 e. The van der Waals surface area contributed by atoms with Crippen molar-refractivity contribution in [1.29, 1.82) is 0 Å². The molecular formula is C16H21BrFN. The van der Waals surface area contributed by atoms with E-state index in [-0.39, 0.29) is 5.82 Å². The monoisotopic (exact) mass is 325 g/mol. The van der Waals surface area contributed by atoms with Crippen LogP contribution in [-0.4, -0.2) is 17.5 Å². The Morgan fingerprint density at radius 2 is 1.95 bits per heavy atom. The second kappa shape index (κ2) is 5.92. The molecule has 1 nitrogen and oxygen atoms in total. The Kier molecular flexibility index (Phi) is 4.23. The van der Waals surface area contributed by atoms with E-state index in [0.717, 1.165) is 23.0 Å². The molecule has 19 heavy (non-hydrogen) atoms. The molecule has 104 valence electrons. The molecule has 0 bridgehead atoms. The van der Waals surface area contributed by atoms with Crippen LogP contribution in [0.5, 0.6) is 0 Å². The lowest BCUT2D eigenvalue weighted by atomic mass is 9.78. The molecule has 1 aromatic carbocycles. The van der Waals surface area contributed by atoms with Gasteiger partial charge in [0.25, 0.3) is 0 Å². The van der Waals surface area contributed by atoms with Crippen molar-refractivity contribution in [3.05, 3.63) is 34.1 Å². The average molecular weight is 326 g/mol. The van der Waals surface area contributed by atoms with E-state index >= 15 is 0 Å². The van der Waals surface area contributed by atoms with Crippen LogP contribution < -0.4 is 0 Å². The molecule has 0 aromatic heterocycles. The summed E-state index contributed by atoms with van der Waals surface area (Å²) in [6.45, 7) is 2.16. The highest BCUT2D eigenvalue weighted by molar-refractivity contribution is 9.10. The van der Waals surface area contributed by atoms with Gasteiger partial charge in [0.1, 0.15) is 5.82 Å². The van der Waals surface area contributed by atoms with Crippen molar-refractivity contribution in [2.24, 2.45) is 5.92 Å². The average Bonchev–Trinajstić information content (AvgIpc) is 2.42. The molecule has 0 N–H and O–H groups in total. The fourth-order valence-electron chi connectivity index (χ4n) is 3.79. The van der Waals surface area contributed by atoms with Gasteiger partial charge in [0, 0.05) is 17.1 Å². The van der Waals surface area contributed by atoms with Crippen molar-refractivity contribution in [3.8, 4) is 0 Å². The summed E-state index contributed by atoms with van der Waals surface area (Å²) in [5, 5.41) is 0. The number of rotatable bonds is 2. The van der Waals surface area contributed by atoms with Crippen molar-refractivity contribution < 1.29 is 4.39 Å². The molecule has 1 aliphatic heterocycles. The van der Waals surface area contributed by atoms with E-state index in [9.17, 15) is 4.39 Å². The number of hydrogen-bond acceptors (Lipinski definition) is 1. The van der Waals surface area contributed by atoms with Crippen molar-refractivity contribution in [3.63, 3.8) is 0 Å². The van der Waals surface area contributed by atoms with Gasteiger partial charge >= 0.3 is 0 Å². The third-order valence-electron chi connectivity index (χ3n) is 4.75. The molecule has 2 aliphatic rings. The third-order valence-corrected chi connectivity index (χ3v) is 5.48. The van der Waals surface area contributed by atoms with Gasteiger partial charge < -0.3 is 0 Å². The minimum Gasteiger partial charge on any atom is -0.296 e. The zero-order valence-corrected chi connectivity index (χ0v) is 12.8. The lowest BCUT2D eigenvalue weighted by Gasteiger charge is -2.44. The van der Waals surface area contributed by atoms with Gasteiger partial charge in [-0.15, -0.1) is 0 Å². The number of likely N-dealkylation sites (tertiary alicyclic amines) is 1. The second-order valence-corrected chi connectivity index (χ2v) is 6.81. The zero-order chi connectivity index (χ0) is 13.2. The summed E-state index contributed by atoms with van der Waals surface area (Å²) in [7, 11) is 0. The number of nitrogens with zero attached hydrogens (tertiary/aromatic N) is 1. The van der Waals surface area contributed by atoms with Crippen molar-refractivity contribution in [2.45, 2.75) is 51.1 Å². The van der Waals surface area contributed by atoms with E-state index in [0.29, 0.717) is 0 Å². The number of piperidine rings is 1. The summed E-state index contributed by atoms with van der Waals surface area (Å²) < 4.78 is 14.1. The van der Waals surface area contributed by atoms with E-state index in [4.69, 9.17) is 0 Å².